The van der Waals surface area contributed by atoms with Gasteiger partial charge in [-0.25, -0.2) is 4.79 Å². The van der Waals surface area contributed by atoms with Crippen molar-refractivity contribution >= 4 is 12.2 Å². The minimum Gasteiger partial charge on any atom is -0.508 e. The highest BCUT2D eigenvalue weighted by Crippen LogP contribution is 2.25. The van der Waals surface area contributed by atoms with Crippen molar-refractivity contribution in [2.45, 2.75) is 0 Å². The van der Waals surface area contributed by atoms with Gasteiger partial charge in [0.25, 0.3) is 0 Å². The summed E-state index contributed by atoms with van der Waals surface area (Å²) in [6.45, 7) is 0. The maximum absolute atomic E-state index is 11.1. The molecule has 0 atom stereocenters. The van der Waals surface area contributed by atoms with E-state index in [1.165, 1.54) is 24.3 Å². The van der Waals surface area contributed by atoms with E-state index in [9.17, 15) is 15.0 Å². The van der Waals surface area contributed by atoms with Crippen molar-refractivity contribution in [2.24, 2.45) is 0 Å². The second kappa shape index (κ2) is 4.77. The summed E-state index contributed by atoms with van der Waals surface area (Å²) in [5.41, 5.74) is -0.678. The zero-order valence-electron chi connectivity index (χ0n) is 9.57. The quantitative estimate of drug-likeness (QED) is 0.654. The van der Waals surface area contributed by atoms with Crippen molar-refractivity contribution in [1.82, 2.24) is 0 Å². The molecule has 0 aliphatic rings. The van der Waals surface area contributed by atoms with Crippen LogP contribution in [-0.2, 0) is 0 Å². The molecule has 2 aromatic rings. The van der Waals surface area contributed by atoms with Gasteiger partial charge in [0.1, 0.15) is 17.3 Å². The molecule has 1 heterocycles. The summed E-state index contributed by atoms with van der Waals surface area (Å²) >= 11 is 0. The Hall–Kier alpha value is -2.89. The van der Waals surface area contributed by atoms with Crippen molar-refractivity contribution in [3.05, 3.63) is 46.0 Å². The Balaban J connectivity index is 2.35. The van der Waals surface area contributed by atoms with Crippen molar-refractivity contribution in [3.8, 4) is 23.0 Å². The molecule has 0 unspecified atom stereocenters. The lowest BCUT2D eigenvalue weighted by Crippen LogP contribution is -1.98. The smallest absolute Gasteiger partial charge is 0.382 e. The topological polar surface area (TPSA) is 111 Å². The molecule has 4 N–H and O–H groups in total. The monoisotopic (exact) mass is 262 g/mol. The number of phenols is 2. The Morgan fingerprint density at radius 3 is 2.32 bits per heavy atom. The van der Waals surface area contributed by atoms with Crippen molar-refractivity contribution in [2.75, 3.05) is 0 Å². The van der Waals surface area contributed by atoms with Gasteiger partial charge in [-0.15, -0.1) is 0 Å². The first-order valence-corrected chi connectivity index (χ1v) is 5.23. The minimum absolute atomic E-state index is 0.00720. The van der Waals surface area contributed by atoms with Crippen LogP contribution in [0.3, 0.4) is 0 Å². The third-order valence-electron chi connectivity index (χ3n) is 2.37. The molecule has 0 saturated heterocycles. The molecule has 19 heavy (non-hydrogen) atoms. The van der Waals surface area contributed by atoms with Crippen molar-refractivity contribution in [3.63, 3.8) is 0 Å². The van der Waals surface area contributed by atoms with Crippen molar-refractivity contribution in [1.29, 1.82) is 0 Å². The number of aromatic hydroxyl groups is 4. The van der Waals surface area contributed by atoms with E-state index in [1.807, 2.05) is 0 Å². The van der Waals surface area contributed by atoms with Crippen LogP contribution < -0.4 is 5.63 Å². The standard InChI is InChI=1S/C13H10O6/c14-8-3-1-7(10(15)5-8)2-4-9-6-11(16)12(17)13(18)19-9/h1-6,14-17H. The van der Waals surface area contributed by atoms with Gasteiger partial charge in [-0.3, -0.25) is 0 Å². The molecule has 1 aromatic carbocycles. The van der Waals surface area contributed by atoms with Crippen LogP contribution in [0.4, 0.5) is 0 Å². The molecule has 0 amide bonds. The van der Waals surface area contributed by atoms with Crippen LogP contribution >= 0.6 is 0 Å². The second-order valence-electron chi connectivity index (χ2n) is 3.75. The third-order valence-corrected chi connectivity index (χ3v) is 2.37. The Morgan fingerprint density at radius 2 is 1.68 bits per heavy atom. The van der Waals surface area contributed by atoms with E-state index >= 15 is 0 Å². The van der Waals surface area contributed by atoms with Gasteiger partial charge in [0.15, 0.2) is 5.75 Å². The number of phenolic OH excluding ortho intramolecular Hbond substituents is 2. The number of rotatable bonds is 2. The van der Waals surface area contributed by atoms with E-state index in [4.69, 9.17) is 14.6 Å². The molecule has 0 spiro atoms. The Morgan fingerprint density at radius 1 is 0.947 bits per heavy atom. The lowest BCUT2D eigenvalue weighted by Gasteiger charge is -2.00. The first-order chi connectivity index (χ1) is 8.97. The molecular formula is C13H10O6. The van der Waals surface area contributed by atoms with Crippen LogP contribution in [0.1, 0.15) is 11.3 Å². The summed E-state index contributed by atoms with van der Waals surface area (Å²) < 4.78 is 4.69. The highest BCUT2D eigenvalue weighted by Gasteiger charge is 2.07. The normalized spacial score (nSPS) is 10.9. The molecule has 0 aliphatic heterocycles. The van der Waals surface area contributed by atoms with Gasteiger partial charge in [-0.2, -0.15) is 0 Å². The molecule has 1 aromatic heterocycles. The second-order valence-corrected chi connectivity index (χ2v) is 3.75. The van der Waals surface area contributed by atoms with Gasteiger partial charge in [-0.1, -0.05) is 0 Å². The lowest BCUT2D eigenvalue weighted by atomic mass is 10.1. The van der Waals surface area contributed by atoms with Gasteiger partial charge < -0.3 is 24.8 Å². The molecule has 2 rings (SSSR count). The fraction of sp³-hybridized carbons (Fsp3) is 0. The van der Waals surface area contributed by atoms with Gasteiger partial charge in [0.05, 0.1) is 0 Å². The molecule has 0 aliphatic carbocycles. The molecule has 0 fully saturated rings. The minimum atomic E-state index is -1.06. The van der Waals surface area contributed by atoms with E-state index < -0.39 is 17.1 Å². The van der Waals surface area contributed by atoms with E-state index in [0.717, 1.165) is 12.1 Å². The van der Waals surface area contributed by atoms with E-state index in [0.29, 0.717) is 5.56 Å². The van der Waals surface area contributed by atoms with Gasteiger partial charge >= 0.3 is 5.63 Å². The summed E-state index contributed by atoms with van der Waals surface area (Å²) in [4.78, 5) is 11.1. The van der Waals surface area contributed by atoms with Crippen LogP contribution in [0.2, 0.25) is 0 Å². The summed E-state index contributed by atoms with van der Waals surface area (Å²) in [5, 5.41) is 36.9. The van der Waals surface area contributed by atoms with E-state index in [1.54, 1.807) is 0 Å². The van der Waals surface area contributed by atoms with Crippen LogP contribution in [0.5, 0.6) is 23.0 Å². The average Bonchev–Trinajstić information content (AvgIpc) is 2.34. The molecule has 0 bridgehead atoms. The van der Waals surface area contributed by atoms with E-state index in [-0.39, 0.29) is 17.3 Å². The molecular weight excluding hydrogens is 252 g/mol. The zero-order valence-corrected chi connectivity index (χ0v) is 9.57. The fourth-order valence-electron chi connectivity index (χ4n) is 1.42. The highest BCUT2D eigenvalue weighted by atomic mass is 16.4. The molecule has 6 nitrogen and oxygen atoms in total. The number of benzene rings is 1. The summed E-state index contributed by atoms with van der Waals surface area (Å²) in [6.07, 6.45) is 2.75. The summed E-state index contributed by atoms with van der Waals surface area (Å²) in [6, 6.07) is 5.05. The third kappa shape index (κ3) is 2.68. The average molecular weight is 262 g/mol. The highest BCUT2D eigenvalue weighted by molar-refractivity contribution is 5.71. The maximum atomic E-state index is 11.1. The number of hydrogen-bond acceptors (Lipinski definition) is 6. The Bertz CT molecular complexity index is 699. The molecule has 98 valence electrons. The predicted octanol–water partition coefficient (Wildman–Crippen LogP) is 1.63. The first kappa shape index (κ1) is 12.6. The summed E-state index contributed by atoms with van der Waals surface area (Å²) in [7, 11) is 0. The largest absolute Gasteiger partial charge is 0.508 e. The molecule has 0 radical (unpaired) electrons. The van der Waals surface area contributed by atoms with Crippen LogP contribution in [0.25, 0.3) is 12.2 Å². The van der Waals surface area contributed by atoms with Gasteiger partial charge in [0, 0.05) is 17.7 Å². The van der Waals surface area contributed by atoms with Crippen LogP contribution in [0.15, 0.2) is 33.5 Å². The van der Waals surface area contributed by atoms with Crippen LogP contribution in [0, 0.1) is 0 Å². The first-order valence-electron chi connectivity index (χ1n) is 5.23. The SMILES string of the molecule is O=c1oc(C=Cc2ccc(O)cc2O)cc(O)c1O. The fourth-order valence-corrected chi connectivity index (χ4v) is 1.42. The Labute approximate surface area is 107 Å². The Kier molecular flexibility index (Phi) is 3.15. The predicted molar refractivity (Wildman–Crippen MR) is 67.0 cm³/mol. The molecule has 0 saturated carbocycles. The lowest BCUT2D eigenvalue weighted by molar-refractivity contribution is 0.362. The van der Waals surface area contributed by atoms with Crippen LogP contribution in [-0.4, -0.2) is 20.4 Å². The number of hydrogen-bond donors (Lipinski definition) is 4. The van der Waals surface area contributed by atoms with E-state index in [2.05, 4.69) is 0 Å². The van der Waals surface area contributed by atoms with Crippen molar-refractivity contribution < 1.29 is 24.8 Å². The summed E-state index contributed by atoms with van der Waals surface area (Å²) in [5.74, 6) is -1.67. The zero-order chi connectivity index (χ0) is 14.0. The molecule has 6 heteroatoms. The maximum Gasteiger partial charge on any atom is 0.382 e. The van der Waals surface area contributed by atoms with Gasteiger partial charge in [0.2, 0.25) is 5.75 Å². The van der Waals surface area contributed by atoms with Gasteiger partial charge in [-0.05, 0) is 24.3 Å².